The molecule has 0 bridgehead atoms. The van der Waals surface area contributed by atoms with Gasteiger partial charge in [0.2, 0.25) is 0 Å². The van der Waals surface area contributed by atoms with Gasteiger partial charge in [0, 0.05) is 20.5 Å². The molecule has 2 nitrogen and oxygen atoms in total. The Morgan fingerprint density at radius 2 is 1.86 bits per heavy atom. The SMILES string of the molecule is Cc1nc(S[C@@H](C)c2ccccc2Cl)c2c(C)c(C)sc2n1. The lowest BCUT2D eigenvalue weighted by Gasteiger charge is -2.14. The molecule has 5 heteroatoms. The van der Waals surface area contributed by atoms with E-state index in [9.17, 15) is 0 Å². The molecule has 1 aromatic carbocycles. The maximum absolute atomic E-state index is 6.33. The van der Waals surface area contributed by atoms with Crippen LogP contribution in [0.1, 0.15) is 34.0 Å². The number of halogens is 1. The molecule has 0 unspecified atom stereocenters. The highest BCUT2D eigenvalue weighted by Crippen LogP contribution is 2.42. The number of benzene rings is 1. The molecule has 1 atom stereocenters. The Morgan fingerprint density at radius 3 is 2.59 bits per heavy atom. The molecular weight excluding hydrogens is 332 g/mol. The van der Waals surface area contributed by atoms with E-state index in [1.165, 1.54) is 15.8 Å². The zero-order valence-corrected chi connectivity index (χ0v) is 15.4. The Bertz CT molecular complexity index is 842. The minimum Gasteiger partial charge on any atom is -0.226 e. The topological polar surface area (TPSA) is 25.8 Å². The summed E-state index contributed by atoms with van der Waals surface area (Å²) in [6, 6.07) is 8.01. The van der Waals surface area contributed by atoms with E-state index >= 15 is 0 Å². The summed E-state index contributed by atoms with van der Waals surface area (Å²) in [7, 11) is 0. The van der Waals surface area contributed by atoms with Crippen LogP contribution in [-0.2, 0) is 0 Å². The average molecular weight is 349 g/mol. The van der Waals surface area contributed by atoms with Gasteiger partial charge in [-0.25, -0.2) is 9.97 Å². The molecule has 0 N–H and O–H groups in total. The van der Waals surface area contributed by atoms with E-state index in [2.05, 4.69) is 36.8 Å². The van der Waals surface area contributed by atoms with Crippen molar-refractivity contribution in [2.24, 2.45) is 0 Å². The number of thiophene rings is 1. The van der Waals surface area contributed by atoms with Crippen LogP contribution in [0.15, 0.2) is 29.3 Å². The Balaban J connectivity index is 2.05. The van der Waals surface area contributed by atoms with Crippen molar-refractivity contribution in [1.29, 1.82) is 0 Å². The first-order valence-corrected chi connectivity index (χ1v) is 9.20. The van der Waals surface area contributed by atoms with Crippen LogP contribution in [0.2, 0.25) is 5.02 Å². The molecule has 2 heterocycles. The van der Waals surface area contributed by atoms with Crippen molar-refractivity contribution in [3.8, 4) is 0 Å². The first-order chi connectivity index (χ1) is 10.5. The van der Waals surface area contributed by atoms with Crippen molar-refractivity contribution in [2.75, 3.05) is 0 Å². The summed E-state index contributed by atoms with van der Waals surface area (Å²) in [4.78, 5) is 11.7. The van der Waals surface area contributed by atoms with Gasteiger partial charge >= 0.3 is 0 Å². The molecule has 0 spiro atoms. The molecule has 0 aliphatic heterocycles. The Labute approximate surface area is 144 Å². The van der Waals surface area contributed by atoms with E-state index in [-0.39, 0.29) is 5.25 Å². The van der Waals surface area contributed by atoms with E-state index in [0.29, 0.717) is 0 Å². The Kier molecular flexibility index (Phi) is 4.44. The summed E-state index contributed by atoms with van der Waals surface area (Å²) in [5.41, 5.74) is 2.43. The molecule has 2 aromatic heterocycles. The molecule has 22 heavy (non-hydrogen) atoms. The summed E-state index contributed by atoms with van der Waals surface area (Å²) in [6.07, 6.45) is 0. The lowest BCUT2D eigenvalue weighted by molar-refractivity contribution is 1.000. The van der Waals surface area contributed by atoms with E-state index in [1.807, 2.05) is 25.1 Å². The second-order valence-corrected chi connectivity index (χ2v) is 8.26. The average Bonchev–Trinajstić information content (AvgIpc) is 2.74. The van der Waals surface area contributed by atoms with Crippen LogP contribution < -0.4 is 0 Å². The standard InChI is InChI=1S/C17H17ClN2S2/c1-9-10(2)21-16-15(9)17(20-12(4)19-16)22-11(3)13-7-5-6-8-14(13)18/h5-8,11H,1-4H3/t11-/m0/s1. The van der Waals surface area contributed by atoms with Gasteiger partial charge in [0.15, 0.2) is 0 Å². The van der Waals surface area contributed by atoms with Gasteiger partial charge in [-0.1, -0.05) is 41.6 Å². The molecule has 0 saturated heterocycles. The summed E-state index contributed by atoms with van der Waals surface area (Å²) in [6.45, 7) is 8.41. The lowest BCUT2D eigenvalue weighted by Crippen LogP contribution is -1.95. The summed E-state index contributed by atoms with van der Waals surface area (Å²) in [5, 5.41) is 3.29. The van der Waals surface area contributed by atoms with Gasteiger partial charge < -0.3 is 0 Å². The third kappa shape index (κ3) is 2.87. The van der Waals surface area contributed by atoms with Gasteiger partial charge in [0.1, 0.15) is 15.7 Å². The molecule has 3 aromatic rings. The predicted octanol–water partition coefficient (Wildman–Crippen LogP) is 6.12. The Hall–Kier alpha value is -1.10. The smallest absolute Gasteiger partial charge is 0.128 e. The highest BCUT2D eigenvalue weighted by Gasteiger charge is 2.18. The van der Waals surface area contributed by atoms with Gasteiger partial charge in [0.05, 0.1) is 0 Å². The van der Waals surface area contributed by atoms with Gasteiger partial charge in [-0.2, -0.15) is 0 Å². The zero-order valence-electron chi connectivity index (χ0n) is 13.0. The largest absolute Gasteiger partial charge is 0.226 e. The fraction of sp³-hybridized carbons (Fsp3) is 0.294. The van der Waals surface area contributed by atoms with Crippen molar-refractivity contribution in [3.63, 3.8) is 0 Å². The van der Waals surface area contributed by atoms with Gasteiger partial charge in [-0.15, -0.1) is 11.3 Å². The first kappa shape index (κ1) is 15.8. The van der Waals surface area contributed by atoms with Gasteiger partial charge in [0.25, 0.3) is 0 Å². The third-order valence-electron chi connectivity index (χ3n) is 3.74. The zero-order chi connectivity index (χ0) is 15.9. The second-order valence-electron chi connectivity index (χ2n) is 5.32. The van der Waals surface area contributed by atoms with E-state index < -0.39 is 0 Å². The van der Waals surface area contributed by atoms with Crippen LogP contribution >= 0.6 is 34.7 Å². The number of aryl methyl sites for hydroxylation is 3. The third-order valence-corrected chi connectivity index (χ3v) is 6.31. The number of hydrogen-bond acceptors (Lipinski definition) is 4. The monoisotopic (exact) mass is 348 g/mol. The lowest BCUT2D eigenvalue weighted by atomic mass is 10.2. The summed E-state index contributed by atoms with van der Waals surface area (Å²) in [5.74, 6) is 0.822. The molecule has 0 saturated carbocycles. The second kappa shape index (κ2) is 6.19. The fourth-order valence-corrected chi connectivity index (χ4v) is 5.16. The normalized spacial score (nSPS) is 12.8. The molecule has 0 aliphatic carbocycles. The highest BCUT2D eigenvalue weighted by molar-refractivity contribution is 7.99. The van der Waals surface area contributed by atoms with Crippen molar-refractivity contribution >= 4 is 44.9 Å². The van der Waals surface area contributed by atoms with Crippen LogP contribution in [0.5, 0.6) is 0 Å². The quantitative estimate of drug-likeness (QED) is 0.421. The number of fused-ring (bicyclic) bond motifs is 1. The van der Waals surface area contributed by atoms with E-state index in [0.717, 1.165) is 26.3 Å². The van der Waals surface area contributed by atoms with Crippen LogP contribution in [0, 0.1) is 20.8 Å². The maximum atomic E-state index is 6.33. The minimum absolute atomic E-state index is 0.241. The molecule has 114 valence electrons. The predicted molar refractivity (Wildman–Crippen MR) is 97.4 cm³/mol. The van der Waals surface area contributed by atoms with E-state index in [4.69, 9.17) is 11.6 Å². The van der Waals surface area contributed by atoms with Crippen molar-refractivity contribution < 1.29 is 0 Å². The van der Waals surface area contributed by atoms with Gasteiger partial charge in [-0.05, 0) is 44.9 Å². The minimum atomic E-state index is 0.241. The van der Waals surface area contributed by atoms with Crippen LogP contribution in [-0.4, -0.2) is 9.97 Å². The number of rotatable bonds is 3. The van der Waals surface area contributed by atoms with Crippen LogP contribution in [0.4, 0.5) is 0 Å². The van der Waals surface area contributed by atoms with Gasteiger partial charge in [-0.3, -0.25) is 0 Å². The molecule has 0 aliphatic rings. The number of nitrogens with zero attached hydrogens (tertiary/aromatic N) is 2. The summed E-state index contributed by atoms with van der Waals surface area (Å²) < 4.78 is 0. The van der Waals surface area contributed by atoms with Crippen molar-refractivity contribution in [3.05, 3.63) is 51.1 Å². The molecule has 3 rings (SSSR count). The highest BCUT2D eigenvalue weighted by atomic mass is 35.5. The fourth-order valence-electron chi connectivity index (χ4n) is 2.44. The molecule has 0 amide bonds. The first-order valence-electron chi connectivity index (χ1n) is 7.12. The molecule has 0 radical (unpaired) electrons. The van der Waals surface area contributed by atoms with Crippen LogP contribution in [0.3, 0.4) is 0 Å². The van der Waals surface area contributed by atoms with Crippen LogP contribution in [0.25, 0.3) is 10.2 Å². The Morgan fingerprint density at radius 1 is 1.14 bits per heavy atom. The maximum Gasteiger partial charge on any atom is 0.128 e. The summed E-state index contributed by atoms with van der Waals surface area (Å²) >= 11 is 9.82. The van der Waals surface area contributed by atoms with E-state index in [1.54, 1.807) is 23.1 Å². The number of hydrogen-bond donors (Lipinski definition) is 0. The molecule has 0 fully saturated rings. The van der Waals surface area contributed by atoms with Crippen molar-refractivity contribution in [1.82, 2.24) is 9.97 Å². The number of aromatic nitrogens is 2. The number of thioether (sulfide) groups is 1. The van der Waals surface area contributed by atoms with Crippen molar-refractivity contribution in [2.45, 2.75) is 38.0 Å². The molecular formula is C17H17ClN2S2.